The van der Waals surface area contributed by atoms with Crippen LogP contribution in [0.2, 0.25) is 5.02 Å². The monoisotopic (exact) mass is 623 g/mol. The molecule has 1 unspecified atom stereocenters. The van der Waals surface area contributed by atoms with Crippen molar-refractivity contribution in [2.75, 3.05) is 17.4 Å². The van der Waals surface area contributed by atoms with Crippen LogP contribution in [-0.4, -0.2) is 44.3 Å². The van der Waals surface area contributed by atoms with Gasteiger partial charge in [-0.15, -0.1) is 0 Å². The fourth-order valence-electron chi connectivity index (χ4n) is 4.26. The molecular weight excluding hydrogens is 591 g/mol. The Labute approximate surface area is 249 Å². The highest BCUT2D eigenvalue weighted by molar-refractivity contribution is 7.92. The molecule has 0 aliphatic carbocycles. The van der Waals surface area contributed by atoms with Crippen molar-refractivity contribution in [1.82, 2.24) is 10.2 Å². The summed E-state index contributed by atoms with van der Waals surface area (Å²) in [6.07, 6.45) is -3.30. The number of nitrogens with one attached hydrogen (secondary N) is 1. The van der Waals surface area contributed by atoms with E-state index in [0.29, 0.717) is 22.5 Å². The molecule has 3 aromatic carbocycles. The molecule has 12 heteroatoms. The van der Waals surface area contributed by atoms with Crippen molar-refractivity contribution < 1.29 is 31.2 Å². The summed E-state index contributed by atoms with van der Waals surface area (Å²) >= 11 is 5.80. The molecule has 0 bridgehead atoms. The van der Waals surface area contributed by atoms with Crippen LogP contribution in [0.5, 0.6) is 0 Å². The number of alkyl halides is 3. The van der Waals surface area contributed by atoms with Crippen LogP contribution in [0.3, 0.4) is 0 Å². The quantitative estimate of drug-likeness (QED) is 0.244. The maximum absolute atomic E-state index is 13.9. The van der Waals surface area contributed by atoms with Crippen molar-refractivity contribution in [3.8, 4) is 0 Å². The van der Waals surface area contributed by atoms with E-state index in [1.54, 1.807) is 18.2 Å². The van der Waals surface area contributed by atoms with Gasteiger partial charge in [-0.1, -0.05) is 73.0 Å². The number of benzene rings is 3. The van der Waals surface area contributed by atoms with Gasteiger partial charge in [0.15, 0.2) is 0 Å². The van der Waals surface area contributed by atoms with E-state index in [2.05, 4.69) is 5.32 Å². The van der Waals surface area contributed by atoms with E-state index in [-0.39, 0.29) is 11.4 Å². The summed E-state index contributed by atoms with van der Waals surface area (Å²) in [5.41, 5.74) is -0.0453. The number of halogens is 4. The second-order valence-corrected chi connectivity index (χ2v) is 12.1. The zero-order valence-electron chi connectivity index (χ0n) is 23.5. The third-order valence-electron chi connectivity index (χ3n) is 6.59. The Morgan fingerprint density at radius 3 is 2.31 bits per heavy atom. The maximum atomic E-state index is 13.9. The number of hydrogen-bond donors (Lipinski definition) is 1. The summed E-state index contributed by atoms with van der Waals surface area (Å²) in [5, 5.41) is 2.17. The summed E-state index contributed by atoms with van der Waals surface area (Å²) in [6.45, 7) is 4.85. The van der Waals surface area contributed by atoms with Crippen LogP contribution in [-0.2, 0) is 32.3 Å². The number of rotatable bonds is 12. The number of anilines is 1. The smallest absolute Gasteiger partial charge is 0.354 e. The lowest BCUT2D eigenvalue weighted by molar-refractivity contribution is -0.139. The zero-order chi connectivity index (χ0) is 31.1. The summed E-state index contributed by atoms with van der Waals surface area (Å²) < 4.78 is 69.4. The highest BCUT2D eigenvalue weighted by Gasteiger charge is 2.37. The molecule has 42 heavy (non-hydrogen) atoms. The van der Waals surface area contributed by atoms with Gasteiger partial charge < -0.3 is 10.2 Å². The Bertz CT molecular complexity index is 1500. The highest BCUT2D eigenvalue weighted by Crippen LogP contribution is 2.38. The topological polar surface area (TPSA) is 86.8 Å². The van der Waals surface area contributed by atoms with E-state index in [9.17, 15) is 31.2 Å². The minimum absolute atomic E-state index is 0.0312. The first kappa shape index (κ1) is 32.9. The number of sulfonamides is 1. The largest absolute Gasteiger partial charge is 0.417 e. The predicted molar refractivity (Wildman–Crippen MR) is 157 cm³/mol. The normalized spacial score (nSPS) is 12.5. The first-order valence-corrected chi connectivity index (χ1v) is 15.1. The van der Waals surface area contributed by atoms with Crippen molar-refractivity contribution in [1.29, 1.82) is 0 Å². The third-order valence-corrected chi connectivity index (χ3v) is 8.70. The summed E-state index contributed by atoms with van der Waals surface area (Å²) in [4.78, 5) is 27.9. The number of hydrogen-bond acceptors (Lipinski definition) is 4. The standard InChI is InChI=1S/C30H33ClF3N3O4S/c1-4-5-16-35-29(39)22(3)36(19-23-11-9-10-21(2)17-23)28(38)20-37(42(40,41)25-12-7-6-8-13-25)24-14-15-27(31)26(18-24)30(32,33)34/h6-15,17-18,22H,4-5,16,19-20H2,1-3H3,(H,35,39). The second kappa shape index (κ2) is 14.1. The van der Waals surface area contributed by atoms with Gasteiger partial charge in [0.25, 0.3) is 10.0 Å². The predicted octanol–water partition coefficient (Wildman–Crippen LogP) is 6.20. The number of carbonyl (C=O) groups is 2. The fourth-order valence-corrected chi connectivity index (χ4v) is 5.91. The number of nitrogens with zero attached hydrogens (tertiary/aromatic N) is 2. The minimum atomic E-state index is -4.87. The number of carbonyl (C=O) groups excluding carboxylic acids is 2. The minimum Gasteiger partial charge on any atom is -0.354 e. The number of aryl methyl sites for hydroxylation is 1. The van der Waals surface area contributed by atoms with Crippen molar-refractivity contribution >= 4 is 39.1 Å². The first-order valence-electron chi connectivity index (χ1n) is 13.3. The van der Waals surface area contributed by atoms with E-state index in [1.807, 2.05) is 26.0 Å². The second-order valence-electron chi connectivity index (χ2n) is 9.82. The Hall–Kier alpha value is -3.57. The van der Waals surface area contributed by atoms with Gasteiger partial charge >= 0.3 is 6.18 Å². The van der Waals surface area contributed by atoms with E-state index in [0.717, 1.165) is 30.5 Å². The van der Waals surface area contributed by atoms with Gasteiger partial charge in [0, 0.05) is 13.1 Å². The molecule has 0 heterocycles. The van der Waals surface area contributed by atoms with Gasteiger partial charge in [0.1, 0.15) is 12.6 Å². The molecular formula is C30H33ClF3N3O4S. The molecule has 0 saturated carbocycles. The molecule has 0 saturated heterocycles. The van der Waals surface area contributed by atoms with Crippen LogP contribution < -0.4 is 9.62 Å². The van der Waals surface area contributed by atoms with Crippen LogP contribution in [0.15, 0.2) is 77.7 Å². The first-order chi connectivity index (χ1) is 19.8. The lowest BCUT2D eigenvalue weighted by Gasteiger charge is -2.32. The molecule has 1 N–H and O–H groups in total. The molecule has 7 nitrogen and oxygen atoms in total. The van der Waals surface area contributed by atoms with Gasteiger partial charge in [-0.2, -0.15) is 13.2 Å². The Morgan fingerprint density at radius 1 is 1.00 bits per heavy atom. The molecule has 226 valence electrons. The van der Waals surface area contributed by atoms with Crippen molar-refractivity contribution in [3.05, 3.63) is 94.5 Å². The lowest BCUT2D eigenvalue weighted by atomic mass is 10.1. The lowest BCUT2D eigenvalue weighted by Crippen LogP contribution is -2.51. The van der Waals surface area contributed by atoms with Crippen LogP contribution in [0, 0.1) is 6.92 Å². The van der Waals surface area contributed by atoms with Gasteiger partial charge in [-0.05, 0) is 56.2 Å². The zero-order valence-corrected chi connectivity index (χ0v) is 25.1. The van der Waals surface area contributed by atoms with Gasteiger partial charge in [0.05, 0.1) is 21.2 Å². The number of amides is 2. The van der Waals surface area contributed by atoms with Crippen LogP contribution >= 0.6 is 11.6 Å². The Balaban J connectivity index is 2.08. The van der Waals surface area contributed by atoms with Crippen molar-refractivity contribution in [2.45, 2.75) is 57.3 Å². The molecule has 3 aromatic rings. The average Bonchev–Trinajstić information content (AvgIpc) is 2.94. The van der Waals surface area contributed by atoms with Crippen LogP contribution in [0.1, 0.15) is 43.4 Å². The summed E-state index contributed by atoms with van der Waals surface area (Å²) in [5.74, 6) is -1.22. The summed E-state index contributed by atoms with van der Waals surface area (Å²) in [6, 6.07) is 16.0. The molecule has 3 rings (SSSR count). The Morgan fingerprint density at radius 2 is 1.69 bits per heavy atom. The van der Waals surface area contributed by atoms with Gasteiger partial charge in [-0.3, -0.25) is 13.9 Å². The Kier molecular flexibility index (Phi) is 11.0. The van der Waals surface area contributed by atoms with E-state index < -0.39 is 56.9 Å². The van der Waals surface area contributed by atoms with E-state index in [4.69, 9.17) is 11.6 Å². The number of unbranched alkanes of at least 4 members (excludes halogenated alkanes) is 1. The van der Waals surface area contributed by atoms with E-state index >= 15 is 0 Å². The maximum Gasteiger partial charge on any atom is 0.417 e. The average molecular weight is 624 g/mol. The van der Waals surface area contributed by atoms with Crippen molar-refractivity contribution in [2.24, 2.45) is 0 Å². The molecule has 2 amide bonds. The SMILES string of the molecule is CCCCNC(=O)C(C)N(Cc1cccc(C)c1)C(=O)CN(c1ccc(Cl)c(C(F)(F)F)c1)S(=O)(=O)c1ccccc1. The van der Waals surface area contributed by atoms with Gasteiger partial charge in [0.2, 0.25) is 11.8 Å². The van der Waals surface area contributed by atoms with Gasteiger partial charge in [-0.25, -0.2) is 8.42 Å². The van der Waals surface area contributed by atoms with Crippen LogP contribution in [0.25, 0.3) is 0 Å². The molecule has 0 spiro atoms. The fraction of sp³-hybridized carbons (Fsp3) is 0.333. The molecule has 0 fully saturated rings. The molecule has 0 aliphatic rings. The van der Waals surface area contributed by atoms with Crippen LogP contribution in [0.4, 0.5) is 18.9 Å². The summed E-state index contributed by atoms with van der Waals surface area (Å²) in [7, 11) is -4.53. The molecule has 0 radical (unpaired) electrons. The molecule has 0 aliphatic heterocycles. The third kappa shape index (κ3) is 8.25. The van der Waals surface area contributed by atoms with Crippen molar-refractivity contribution in [3.63, 3.8) is 0 Å². The van der Waals surface area contributed by atoms with E-state index in [1.165, 1.54) is 36.1 Å². The highest BCUT2D eigenvalue weighted by atomic mass is 35.5. The molecule has 1 atom stereocenters. The molecule has 0 aromatic heterocycles.